The minimum absolute atomic E-state index is 0.0194. The summed E-state index contributed by atoms with van der Waals surface area (Å²) in [5.41, 5.74) is 6.14. The molecule has 0 amide bonds. The number of hydrogen-bond acceptors (Lipinski definition) is 6. The van der Waals surface area contributed by atoms with Crippen LogP contribution >= 0.6 is 0 Å². The van der Waals surface area contributed by atoms with E-state index in [4.69, 9.17) is 5.73 Å². The minimum atomic E-state index is -3.94. The minimum Gasteiger partial charge on any atom is -0.371 e. The SMILES string of the molecule is CNc1nn2c(c1S(=O)(=O)c1ccc(F)cc1)N=C(C)CC2(C)CN. The molecule has 1 aliphatic heterocycles. The van der Waals surface area contributed by atoms with Gasteiger partial charge in [-0.05, 0) is 38.1 Å². The summed E-state index contributed by atoms with van der Waals surface area (Å²) in [6.07, 6.45) is 0.581. The van der Waals surface area contributed by atoms with Gasteiger partial charge < -0.3 is 11.1 Å². The molecule has 0 saturated heterocycles. The highest BCUT2D eigenvalue weighted by atomic mass is 32.2. The second kappa shape index (κ2) is 5.92. The second-order valence-corrected chi connectivity index (χ2v) is 8.23. The number of anilines is 1. The molecule has 2 aromatic rings. The molecule has 0 bridgehead atoms. The fourth-order valence-electron chi connectivity index (χ4n) is 3.02. The number of nitrogens with two attached hydrogens (primary N) is 1. The molecule has 1 aliphatic rings. The number of aliphatic imine (C=N–C) groups is 1. The van der Waals surface area contributed by atoms with Crippen LogP contribution in [0.3, 0.4) is 0 Å². The molecule has 0 spiro atoms. The van der Waals surface area contributed by atoms with Crippen molar-refractivity contribution in [2.24, 2.45) is 10.7 Å². The summed E-state index contributed by atoms with van der Waals surface area (Å²) in [5, 5.41) is 7.22. The lowest BCUT2D eigenvalue weighted by Gasteiger charge is -2.32. The quantitative estimate of drug-likeness (QED) is 0.808. The molecular formula is C16H20FN5O2S. The van der Waals surface area contributed by atoms with Gasteiger partial charge in [-0.25, -0.2) is 22.5 Å². The topological polar surface area (TPSA) is 102 Å². The summed E-state index contributed by atoms with van der Waals surface area (Å²) in [5.74, 6) is -0.0720. The molecule has 1 aromatic heterocycles. The molecule has 1 aromatic carbocycles. The third kappa shape index (κ3) is 2.73. The van der Waals surface area contributed by atoms with Crippen molar-refractivity contribution in [2.45, 2.75) is 35.6 Å². The van der Waals surface area contributed by atoms with Crippen molar-refractivity contribution in [3.63, 3.8) is 0 Å². The number of halogens is 1. The molecule has 0 radical (unpaired) electrons. The Bertz CT molecular complexity index is 950. The van der Waals surface area contributed by atoms with Gasteiger partial charge in [0.15, 0.2) is 16.5 Å². The van der Waals surface area contributed by atoms with E-state index in [2.05, 4.69) is 15.4 Å². The van der Waals surface area contributed by atoms with Crippen LogP contribution in [0.4, 0.5) is 16.0 Å². The molecule has 3 rings (SSSR count). The van der Waals surface area contributed by atoms with Gasteiger partial charge in [-0.2, -0.15) is 5.10 Å². The fourth-order valence-corrected chi connectivity index (χ4v) is 4.52. The maximum atomic E-state index is 13.2. The number of sulfone groups is 1. The predicted octanol–water partition coefficient (Wildman–Crippen LogP) is 2.07. The molecular weight excluding hydrogens is 345 g/mol. The summed E-state index contributed by atoms with van der Waals surface area (Å²) >= 11 is 0. The molecule has 1 atom stereocenters. The fraction of sp³-hybridized carbons (Fsp3) is 0.375. The van der Waals surface area contributed by atoms with Crippen LogP contribution < -0.4 is 11.1 Å². The van der Waals surface area contributed by atoms with Crippen molar-refractivity contribution in [3.05, 3.63) is 30.1 Å². The lowest BCUT2D eigenvalue weighted by atomic mass is 9.94. The Morgan fingerprint density at radius 3 is 2.56 bits per heavy atom. The second-order valence-electron chi connectivity index (χ2n) is 6.35. The van der Waals surface area contributed by atoms with Crippen molar-refractivity contribution >= 4 is 27.2 Å². The van der Waals surface area contributed by atoms with Crippen LogP contribution in [0, 0.1) is 5.82 Å². The first-order valence-electron chi connectivity index (χ1n) is 7.79. The first-order valence-corrected chi connectivity index (χ1v) is 9.27. The normalized spacial score (nSPS) is 20.1. The number of nitrogens with zero attached hydrogens (tertiary/aromatic N) is 3. The summed E-state index contributed by atoms with van der Waals surface area (Å²) in [6, 6.07) is 4.69. The summed E-state index contributed by atoms with van der Waals surface area (Å²) in [6.45, 7) is 4.03. The molecule has 9 heteroatoms. The average molecular weight is 365 g/mol. The molecule has 25 heavy (non-hydrogen) atoms. The van der Waals surface area contributed by atoms with Crippen LogP contribution in [0.15, 0.2) is 39.0 Å². The Labute approximate surface area is 145 Å². The summed E-state index contributed by atoms with van der Waals surface area (Å²) in [4.78, 5) is 4.39. The third-order valence-electron chi connectivity index (χ3n) is 4.33. The van der Waals surface area contributed by atoms with Crippen LogP contribution in [-0.4, -0.2) is 37.5 Å². The standard InChI is InChI=1S/C16H20FN5O2S/c1-10-8-16(2,9-18)22-15(20-10)13(14(19-3)21-22)25(23,24)12-6-4-11(17)5-7-12/h4-7H,8-9,18H2,1-3H3,(H,19,21). The lowest BCUT2D eigenvalue weighted by molar-refractivity contribution is 0.304. The van der Waals surface area contributed by atoms with Crippen molar-refractivity contribution < 1.29 is 12.8 Å². The average Bonchev–Trinajstić information content (AvgIpc) is 2.95. The smallest absolute Gasteiger partial charge is 0.214 e. The van der Waals surface area contributed by atoms with Gasteiger partial charge in [0.1, 0.15) is 5.82 Å². The molecule has 134 valence electrons. The monoisotopic (exact) mass is 365 g/mol. The summed E-state index contributed by atoms with van der Waals surface area (Å²) in [7, 11) is -2.35. The number of fused-ring (bicyclic) bond motifs is 1. The van der Waals surface area contributed by atoms with E-state index in [0.717, 1.165) is 17.8 Å². The number of rotatable bonds is 4. The highest BCUT2D eigenvalue weighted by Crippen LogP contribution is 2.42. The van der Waals surface area contributed by atoms with E-state index in [0.29, 0.717) is 6.42 Å². The van der Waals surface area contributed by atoms with E-state index < -0.39 is 21.2 Å². The van der Waals surface area contributed by atoms with E-state index in [1.165, 1.54) is 12.1 Å². The molecule has 0 saturated carbocycles. The maximum Gasteiger partial charge on any atom is 0.214 e. The number of nitrogens with one attached hydrogen (secondary N) is 1. The van der Waals surface area contributed by atoms with Gasteiger partial charge in [0.05, 0.1) is 10.4 Å². The first-order chi connectivity index (χ1) is 11.7. The van der Waals surface area contributed by atoms with E-state index in [-0.39, 0.29) is 28.0 Å². The molecule has 2 heterocycles. The van der Waals surface area contributed by atoms with Crippen LogP contribution in [0.1, 0.15) is 20.3 Å². The zero-order valence-electron chi connectivity index (χ0n) is 14.2. The van der Waals surface area contributed by atoms with Crippen LogP contribution in [0.2, 0.25) is 0 Å². The maximum absolute atomic E-state index is 13.2. The van der Waals surface area contributed by atoms with Crippen molar-refractivity contribution in [2.75, 3.05) is 18.9 Å². The number of hydrogen-bond donors (Lipinski definition) is 2. The largest absolute Gasteiger partial charge is 0.371 e. The first kappa shape index (κ1) is 17.6. The predicted molar refractivity (Wildman–Crippen MR) is 93.7 cm³/mol. The zero-order chi connectivity index (χ0) is 18.4. The van der Waals surface area contributed by atoms with Gasteiger partial charge in [-0.1, -0.05) is 0 Å². The van der Waals surface area contributed by atoms with E-state index in [1.807, 2.05) is 13.8 Å². The third-order valence-corrected chi connectivity index (χ3v) is 6.14. The Morgan fingerprint density at radius 1 is 1.36 bits per heavy atom. The molecule has 0 aliphatic carbocycles. The Morgan fingerprint density at radius 2 is 2.00 bits per heavy atom. The van der Waals surface area contributed by atoms with Gasteiger partial charge in [-0.3, -0.25) is 0 Å². The van der Waals surface area contributed by atoms with E-state index in [1.54, 1.807) is 11.7 Å². The van der Waals surface area contributed by atoms with Crippen molar-refractivity contribution in [1.82, 2.24) is 9.78 Å². The van der Waals surface area contributed by atoms with Crippen molar-refractivity contribution in [3.8, 4) is 0 Å². The van der Waals surface area contributed by atoms with Gasteiger partial charge in [0.25, 0.3) is 0 Å². The summed E-state index contributed by atoms with van der Waals surface area (Å²) < 4.78 is 41.0. The van der Waals surface area contributed by atoms with Crippen LogP contribution in [0.5, 0.6) is 0 Å². The van der Waals surface area contributed by atoms with E-state index >= 15 is 0 Å². The Balaban J connectivity index is 2.29. The van der Waals surface area contributed by atoms with Gasteiger partial charge in [0, 0.05) is 25.7 Å². The van der Waals surface area contributed by atoms with Crippen molar-refractivity contribution in [1.29, 1.82) is 0 Å². The number of aromatic nitrogens is 2. The molecule has 1 unspecified atom stereocenters. The van der Waals surface area contributed by atoms with E-state index in [9.17, 15) is 12.8 Å². The molecule has 0 fully saturated rings. The zero-order valence-corrected chi connectivity index (χ0v) is 15.1. The highest BCUT2D eigenvalue weighted by Gasteiger charge is 2.39. The highest BCUT2D eigenvalue weighted by molar-refractivity contribution is 7.91. The number of benzene rings is 1. The van der Waals surface area contributed by atoms with Crippen LogP contribution in [-0.2, 0) is 15.4 Å². The van der Waals surface area contributed by atoms with Gasteiger partial charge >= 0.3 is 0 Å². The molecule has 3 N–H and O–H groups in total. The van der Waals surface area contributed by atoms with Gasteiger partial charge in [0.2, 0.25) is 9.84 Å². The van der Waals surface area contributed by atoms with Gasteiger partial charge in [-0.15, -0.1) is 0 Å². The Kier molecular flexibility index (Phi) is 4.16. The molecule has 7 nitrogen and oxygen atoms in total. The van der Waals surface area contributed by atoms with Crippen LogP contribution in [0.25, 0.3) is 0 Å². The lowest BCUT2D eigenvalue weighted by Crippen LogP contribution is -2.42. The Hall–Kier alpha value is -2.26.